The summed E-state index contributed by atoms with van der Waals surface area (Å²) in [7, 11) is 0. The van der Waals surface area contributed by atoms with Crippen LogP contribution in [0.2, 0.25) is 0 Å². The molecule has 2 fully saturated rings. The molecule has 1 amide bonds. The zero-order valence-electron chi connectivity index (χ0n) is 11.0. The number of aliphatic hydroxyl groups excluding tert-OH is 1. The van der Waals surface area contributed by atoms with Crippen LogP contribution in [0.4, 0.5) is 0 Å². The summed E-state index contributed by atoms with van der Waals surface area (Å²) in [5.74, 6) is -1.02. The third-order valence-electron chi connectivity index (χ3n) is 4.64. The minimum absolute atomic E-state index is 0.117. The van der Waals surface area contributed by atoms with Gasteiger partial charge in [0.2, 0.25) is 11.4 Å². The Balaban J connectivity index is 1.86. The highest BCUT2D eigenvalue weighted by Gasteiger charge is 2.72. The van der Waals surface area contributed by atoms with E-state index in [1.54, 1.807) is 0 Å². The van der Waals surface area contributed by atoms with Crippen LogP contribution in [0.3, 0.4) is 0 Å². The number of aliphatic hydroxyl groups is 1. The highest BCUT2D eigenvalue weighted by molar-refractivity contribution is 6.18. The first-order valence-electron chi connectivity index (χ1n) is 7.05. The highest BCUT2D eigenvalue weighted by Crippen LogP contribution is 2.45. The van der Waals surface area contributed by atoms with Gasteiger partial charge in [0.05, 0.1) is 12.0 Å². The summed E-state index contributed by atoms with van der Waals surface area (Å²) in [4.78, 5) is 24.0. The maximum atomic E-state index is 12.0. The Morgan fingerprint density at radius 3 is 2.95 bits per heavy atom. The summed E-state index contributed by atoms with van der Waals surface area (Å²) in [5.41, 5.74) is -1.26. The second kappa shape index (κ2) is 5.04. The van der Waals surface area contributed by atoms with E-state index in [-0.39, 0.29) is 11.8 Å². The van der Waals surface area contributed by atoms with E-state index < -0.39 is 29.6 Å². The normalized spacial score (nSPS) is 40.6. The third-order valence-corrected chi connectivity index (χ3v) is 4.85. The summed E-state index contributed by atoms with van der Waals surface area (Å²) in [5, 5.41) is 13.3. The van der Waals surface area contributed by atoms with Crippen molar-refractivity contribution in [1.29, 1.82) is 0 Å². The number of halogens is 1. The number of carbonyl (C=O) groups excluding carboxylic acids is 2. The lowest BCUT2D eigenvalue weighted by molar-refractivity contribution is -0.207. The van der Waals surface area contributed by atoms with Gasteiger partial charge in [-0.25, -0.2) is 4.79 Å². The van der Waals surface area contributed by atoms with Crippen molar-refractivity contribution in [2.45, 2.75) is 43.4 Å². The minimum atomic E-state index is -1.26. The summed E-state index contributed by atoms with van der Waals surface area (Å²) in [6.45, 7) is 0. The number of allylic oxidation sites excluding steroid dienone is 1. The van der Waals surface area contributed by atoms with E-state index in [2.05, 4.69) is 5.32 Å². The maximum Gasteiger partial charge on any atom is 0.339 e. The molecule has 6 heteroatoms. The standard InChI is InChI=1S/C14H18ClNO4/c15-7-6-9-11-14(13(19)20-11,16-12(9)18)10(17)8-4-2-1-3-5-8/h2,4,8-11,17H,1,3,5-7H2,(H,16,18)/t8-,9-,10+,11+,14?/m1/s1. The summed E-state index contributed by atoms with van der Waals surface area (Å²) in [6, 6.07) is 0. The summed E-state index contributed by atoms with van der Waals surface area (Å²) >= 11 is 5.70. The summed E-state index contributed by atoms with van der Waals surface area (Å²) in [6.07, 6.45) is 5.65. The van der Waals surface area contributed by atoms with Gasteiger partial charge in [-0.15, -0.1) is 11.6 Å². The lowest BCUT2D eigenvalue weighted by Crippen LogP contribution is -2.74. The van der Waals surface area contributed by atoms with Gasteiger partial charge in [-0.2, -0.15) is 0 Å². The average Bonchev–Trinajstić information content (AvgIpc) is 2.69. The molecule has 1 unspecified atom stereocenters. The Kier molecular flexibility index (Phi) is 3.50. The van der Waals surface area contributed by atoms with Gasteiger partial charge in [0.25, 0.3) is 0 Å². The zero-order chi connectivity index (χ0) is 14.3. The van der Waals surface area contributed by atoms with Crippen LogP contribution in [-0.2, 0) is 14.3 Å². The molecule has 2 N–H and O–H groups in total. The molecule has 0 saturated carbocycles. The van der Waals surface area contributed by atoms with Crippen LogP contribution < -0.4 is 5.32 Å². The number of carbonyl (C=O) groups is 2. The molecule has 0 aromatic carbocycles. The molecule has 3 aliphatic rings. The van der Waals surface area contributed by atoms with E-state index in [0.717, 1.165) is 19.3 Å². The molecule has 0 bridgehead atoms. The first kappa shape index (κ1) is 13.9. The molecule has 2 heterocycles. The highest BCUT2D eigenvalue weighted by atomic mass is 35.5. The van der Waals surface area contributed by atoms with Crippen molar-refractivity contribution in [3.8, 4) is 0 Å². The molecule has 2 saturated heterocycles. The number of hydrogen-bond acceptors (Lipinski definition) is 4. The van der Waals surface area contributed by atoms with Crippen LogP contribution in [-0.4, -0.2) is 40.6 Å². The van der Waals surface area contributed by atoms with Gasteiger partial charge in [0.15, 0.2) is 0 Å². The summed E-state index contributed by atoms with van der Waals surface area (Å²) < 4.78 is 5.15. The number of hydrogen-bond donors (Lipinski definition) is 2. The Morgan fingerprint density at radius 1 is 1.55 bits per heavy atom. The second-order valence-corrected chi connectivity index (χ2v) is 6.11. The Bertz CT molecular complexity index is 466. The second-order valence-electron chi connectivity index (χ2n) is 5.74. The molecule has 0 aromatic rings. The third kappa shape index (κ3) is 1.79. The van der Waals surface area contributed by atoms with Gasteiger partial charge in [0.1, 0.15) is 6.10 Å². The molecule has 0 spiro atoms. The van der Waals surface area contributed by atoms with Gasteiger partial charge in [-0.1, -0.05) is 12.2 Å². The number of esters is 1. The van der Waals surface area contributed by atoms with Gasteiger partial charge in [0, 0.05) is 11.8 Å². The molecular weight excluding hydrogens is 282 g/mol. The molecule has 2 aliphatic heterocycles. The van der Waals surface area contributed by atoms with Crippen molar-refractivity contribution < 1.29 is 19.4 Å². The number of ether oxygens (including phenoxy) is 1. The number of rotatable bonds is 4. The van der Waals surface area contributed by atoms with E-state index >= 15 is 0 Å². The largest absolute Gasteiger partial charge is 0.456 e. The lowest BCUT2D eigenvalue weighted by atomic mass is 9.72. The number of nitrogens with one attached hydrogen (secondary N) is 1. The molecule has 5 atom stereocenters. The van der Waals surface area contributed by atoms with Gasteiger partial charge in [-0.3, -0.25) is 4.79 Å². The first-order valence-corrected chi connectivity index (χ1v) is 7.58. The van der Waals surface area contributed by atoms with Crippen LogP contribution in [0.5, 0.6) is 0 Å². The van der Waals surface area contributed by atoms with Crippen molar-refractivity contribution in [3.63, 3.8) is 0 Å². The maximum absolute atomic E-state index is 12.0. The van der Waals surface area contributed by atoms with Crippen LogP contribution >= 0.6 is 11.6 Å². The average molecular weight is 300 g/mol. The number of amides is 1. The van der Waals surface area contributed by atoms with Crippen LogP contribution in [0.25, 0.3) is 0 Å². The van der Waals surface area contributed by atoms with E-state index in [4.69, 9.17) is 16.3 Å². The SMILES string of the molecule is O=C1NC2([C@@H](O)[C@@H]3C=CCCC3)C(=O)O[C@H]2[C@H]1CCCl. The fraction of sp³-hybridized carbons (Fsp3) is 0.714. The van der Waals surface area contributed by atoms with Crippen molar-refractivity contribution in [1.82, 2.24) is 5.32 Å². The van der Waals surface area contributed by atoms with Crippen LogP contribution in [0, 0.1) is 11.8 Å². The predicted octanol–water partition coefficient (Wildman–Crippen LogP) is 0.743. The van der Waals surface area contributed by atoms with Crippen LogP contribution in [0.15, 0.2) is 12.2 Å². The quantitative estimate of drug-likeness (QED) is 0.456. The lowest BCUT2D eigenvalue weighted by Gasteiger charge is -2.47. The Hall–Kier alpha value is -1.07. The molecule has 3 rings (SSSR count). The first-order chi connectivity index (χ1) is 9.61. The van der Waals surface area contributed by atoms with E-state index in [1.807, 2.05) is 12.2 Å². The molecule has 110 valence electrons. The van der Waals surface area contributed by atoms with Crippen LogP contribution in [0.1, 0.15) is 25.7 Å². The smallest absolute Gasteiger partial charge is 0.339 e. The van der Waals surface area contributed by atoms with Crippen molar-refractivity contribution >= 4 is 23.5 Å². The minimum Gasteiger partial charge on any atom is -0.456 e. The fourth-order valence-electron chi connectivity index (χ4n) is 3.52. The molecule has 0 aromatic heterocycles. The van der Waals surface area contributed by atoms with E-state index in [0.29, 0.717) is 12.3 Å². The Morgan fingerprint density at radius 2 is 2.35 bits per heavy atom. The topological polar surface area (TPSA) is 75.6 Å². The molecule has 20 heavy (non-hydrogen) atoms. The van der Waals surface area contributed by atoms with E-state index in [9.17, 15) is 14.7 Å². The van der Waals surface area contributed by atoms with Crippen molar-refractivity contribution in [3.05, 3.63) is 12.2 Å². The molecular formula is C14H18ClNO4. The monoisotopic (exact) mass is 299 g/mol. The van der Waals surface area contributed by atoms with E-state index in [1.165, 1.54) is 0 Å². The number of fused-ring (bicyclic) bond motifs is 1. The molecule has 0 radical (unpaired) electrons. The van der Waals surface area contributed by atoms with Crippen molar-refractivity contribution in [2.24, 2.45) is 11.8 Å². The predicted molar refractivity (Wildman–Crippen MR) is 72.1 cm³/mol. The molecule has 1 aliphatic carbocycles. The van der Waals surface area contributed by atoms with Crippen molar-refractivity contribution in [2.75, 3.05) is 5.88 Å². The fourth-order valence-corrected chi connectivity index (χ4v) is 3.76. The Labute approximate surface area is 122 Å². The van der Waals surface area contributed by atoms with Gasteiger partial charge >= 0.3 is 5.97 Å². The molecule has 5 nitrogen and oxygen atoms in total. The number of alkyl halides is 1. The van der Waals surface area contributed by atoms with Gasteiger partial charge < -0.3 is 15.2 Å². The zero-order valence-corrected chi connectivity index (χ0v) is 11.8. The van der Waals surface area contributed by atoms with Gasteiger partial charge in [-0.05, 0) is 25.7 Å².